The first kappa shape index (κ1) is 19.1. The lowest BCUT2D eigenvalue weighted by Crippen LogP contribution is -2.07. The molecule has 0 unspecified atom stereocenters. The molecule has 0 bridgehead atoms. The first-order valence-electron chi connectivity index (χ1n) is 9.51. The normalized spacial score (nSPS) is 13.7. The highest BCUT2D eigenvalue weighted by Crippen LogP contribution is 2.36. The van der Waals surface area contributed by atoms with Gasteiger partial charge in [-0.25, -0.2) is 14.1 Å². The molecule has 0 saturated heterocycles. The van der Waals surface area contributed by atoms with Crippen molar-refractivity contribution >= 4 is 46.0 Å². The van der Waals surface area contributed by atoms with E-state index in [2.05, 4.69) is 20.4 Å². The van der Waals surface area contributed by atoms with E-state index in [1.165, 1.54) is 25.0 Å². The van der Waals surface area contributed by atoms with E-state index in [1.807, 2.05) is 18.2 Å². The van der Waals surface area contributed by atoms with Crippen LogP contribution in [0, 0.1) is 11.7 Å². The summed E-state index contributed by atoms with van der Waals surface area (Å²) in [6.45, 7) is 0.788. The fraction of sp³-hybridized carbons (Fsp3) is 0.190. The van der Waals surface area contributed by atoms with E-state index in [-0.39, 0.29) is 5.02 Å². The van der Waals surface area contributed by atoms with Gasteiger partial charge in [-0.15, -0.1) is 5.10 Å². The average molecular weight is 443 g/mol. The lowest BCUT2D eigenvalue weighted by Gasteiger charge is -2.09. The zero-order chi connectivity index (χ0) is 20.8. The molecule has 30 heavy (non-hydrogen) atoms. The first-order valence-corrected chi connectivity index (χ1v) is 10.3. The van der Waals surface area contributed by atoms with Crippen molar-refractivity contribution in [1.82, 2.24) is 19.7 Å². The summed E-state index contributed by atoms with van der Waals surface area (Å²) in [5, 5.41) is 8.91. The number of rotatable bonds is 5. The molecule has 0 amide bonds. The Labute approximate surface area is 181 Å². The van der Waals surface area contributed by atoms with E-state index in [0.717, 1.165) is 6.54 Å². The number of halogens is 3. The van der Waals surface area contributed by atoms with Gasteiger partial charge in [0.1, 0.15) is 11.6 Å². The average Bonchev–Trinajstić information content (AvgIpc) is 3.51. The summed E-state index contributed by atoms with van der Waals surface area (Å²) in [6, 6.07) is 11.7. The Balaban J connectivity index is 1.72. The van der Waals surface area contributed by atoms with Crippen LogP contribution in [0.25, 0.3) is 28.0 Å². The van der Waals surface area contributed by atoms with E-state index < -0.39 is 5.82 Å². The van der Waals surface area contributed by atoms with Crippen molar-refractivity contribution in [2.24, 2.45) is 5.92 Å². The van der Waals surface area contributed by atoms with Gasteiger partial charge in [-0.1, -0.05) is 35.3 Å². The molecule has 2 heterocycles. The summed E-state index contributed by atoms with van der Waals surface area (Å²) >= 11 is 12.4. The van der Waals surface area contributed by atoms with Crippen molar-refractivity contribution in [2.45, 2.75) is 12.8 Å². The van der Waals surface area contributed by atoms with Crippen LogP contribution in [0.1, 0.15) is 12.8 Å². The SMILES string of the molecule is Nc1c2c(-c3ccc(F)c(Cl)c3)nc(NCC3CC3)nc2nn1-c1ccccc1Cl. The maximum Gasteiger partial charge on any atom is 0.225 e. The lowest BCUT2D eigenvalue weighted by atomic mass is 10.1. The number of nitrogens with zero attached hydrogens (tertiary/aromatic N) is 4. The largest absolute Gasteiger partial charge is 0.383 e. The summed E-state index contributed by atoms with van der Waals surface area (Å²) in [7, 11) is 0. The van der Waals surface area contributed by atoms with Crippen molar-refractivity contribution in [3.05, 3.63) is 58.3 Å². The highest BCUT2D eigenvalue weighted by Gasteiger charge is 2.23. The molecule has 0 spiro atoms. The smallest absolute Gasteiger partial charge is 0.225 e. The molecular weight excluding hydrogens is 426 g/mol. The Hall–Kier alpha value is -2.90. The Morgan fingerprint density at radius 2 is 1.90 bits per heavy atom. The number of anilines is 2. The number of fused-ring (bicyclic) bond motifs is 1. The number of aromatic nitrogens is 4. The summed E-state index contributed by atoms with van der Waals surface area (Å²) in [6.07, 6.45) is 2.40. The highest BCUT2D eigenvalue weighted by molar-refractivity contribution is 6.32. The van der Waals surface area contributed by atoms with Crippen molar-refractivity contribution in [3.63, 3.8) is 0 Å². The monoisotopic (exact) mass is 442 g/mol. The lowest BCUT2D eigenvalue weighted by molar-refractivity contribution is 0.628. The van der Waals surface area contributed by atoms with Crippen LogP contribution in [0.4, 0.5) is 16.2 Å². The van der Waals surface area contributed by atoms with Crippen molar-refractivity contribution < 1.29 is 4.39 Å². The predicted octanol–water partition coefficient (Wildman–Crippen LogP) is 5.33. The van der Waals surface area contributed by atoms with Gasteiger partial charge in [0.15, 0.2) is 5.65 Å². The second-order valence-electron chi connectivity index (χ2n) is 7.30. The topological polar surface area (TPSA) is 81.7 Å². The zero-order valence-corrected chi connectivity index (χ0v) is 17.3. The minimum absolute atomic E-state index is 0.00354. The summed E-state index contributed by atoms with van der Waals surface area (Å²) in [4.78, 5) is 9.22. The van der Waals surface area contributed by atoms with Gasteiger partial charge >= 0.3 is 0 Å². The summed E-state index contributed by atoms with van der Waals surface area (Å²) < 4.78 is 15.3. The molecule has 0 radical (unpaired) electrons. The second kappa shape index (κ2) is 7.41. The van der Waals surface area contributed by atoms with Crippen molar-refractivity contribution in [3.8, 4) is 16.9 Å². The minimum Gasteiger partial charge on any atom is -0.383 e. The van der Waals surface area contributed by atoms with Crippen LogP contribution in [0.2, 0.25) is 10.0 Å². The number of para-hydroxylation sites is 1. The van der Waals surface area contributed by atoms with Crippen molar-refractivity contribution in [1.29, 1.82) is 0 Å². The van der Waals surface area contributed by atoms with Crippen LogP contribution >= 0.6 is 23.2 Å². The Morgan fingerprint density at radius 1 is 1.10 bits per heavy atom. The standard InChI is InChI=1S/C21H17Cl2FN6/c22-13-3-1-2-4-16(13)30-19(25)17-18(12-7-8-15(24)14(23)9-12)27-21(28-20(17)29-30)26-10-11-5-6-11/h1-4,7-9,11H,5-6,10,25H2,(H,26,28,29). The number of nitrogen functional groups attached to an aromatic ring is 1. The number of hydrogen-bond donors (Lipinski definition) is 2. The molecule has 1 fully saturated rings. The van der Waals surface area contributed by atoms with E-state index in [4.69, 9.17) is 28.9 Å². The van der Waals surface area contributed by atoms with Crippen LogP contribution < -0.4 is 11.1 Å². The van der Waals surface area contributed by atoms with Crippen molar-refractivity contribution in [2.75, 3.05) is 17.6 Å². The molecule has 1 aliphatic rings. The number of nitrogens with two attached hydrogens (primary N) is 1. The van der Waals surface area contributed by atoms with Gasteiger partial charge in [0.05, 0.1) is 26.8 Å². The van der Waals surface area contributed by atoms with Gasteiger partial charge in [0.25, 0.3) is 0 Å². The van der Waals surface area contributed by atoms with Gasteiger partial charge in [0.2, 0.25) is 5.95 Å². The third-order valence-electron chi connectivity index (χ3n) is 5.09. The Morgan fingerprint density at radius 3 is 2.63 bits per heavy atom. The molecule has 152 valence electrons. The molecule has 9 heteroatoms. The molecule has 1 saturated carbocycles. The van der Waals surface area contributed by atoms with Gasteiger partial charge in [-0.2, -0.15) is 4.98 Å². The molecule has 5 rings (SSSR count). The van der Waals surface area contributed by atoms with Crippen LogP contribution in [-0.2, 0) is 0 Å². The molecule has 2 aromatic carbocycles. The van der Waals surface area contributed by atoms with E-state index in [0.29, 0.717) is 50.7 Å². The highest BCUT2D eigenvalue weighted by atomic mass is 35.5. The van der Waals surface area contributed by atoms with E-state index in [1.54, 1.807) is 16.8 Å². The predicted molar refractivity (Wildman–Crippen MR) is 118 cm³/mol. The maximum atomic E-state index is 13.7. The van der Waals surface area contributed by atoms with E-state index in [9.17, 15) is 4.39 Å². The quantitative estimate of drug-likeness (QED) is 0.436. The third-order valence-corrected chi connectivity index (χ3v) is 5.70. The fourth-order valence-corrected chi connectivity index (χ4v) is 3.70. The fourth-order valence-electron chi connectivity index (χ4n) is 3.31. The van der Waals surface area contributed by atoms with Gasteiger partial charge in [0, 0.05) is 12.1 Å². The van der Waals surface area contributed by atoms with Gasteiger partial charge in [-0.05, 0) is 49.1 Å². The zero-order valence-electron chi connectivity index (χ0n) is 15.7. The molecule has 3 N–H and O–H groups in total. The second-order valence-corrected chi connectivity index (χ2v) is 8.11. The summed E-state index contributed by atoms with van der Waals surface area (Å²) in [5.74, 6) is 0.909. The molecular formula is C21H17Cl2FN6. The molecule has 6 nitrogen and oxygen atoms in total. The van der Waals surface area contributed by atoms with Crippen LogP contribution in [0.5, 0.6) is 0 Å². The van der Waals surface area contributed by atoms with Gasteiger partial charge < -0.3 is 11.1 Å². The number of nitrogens with one attached hydrogen (secondary N) is 1. The Kier molecular flexibility index (Phi) is 4.72. The van der Waals surface area contributed by atoms with Crippen LogP contribution in [-0.4, -0.2) is 26.3 Å². The van der Waals surface area contributed by atoms with E-state index >= 15 is 0 Å². The maximum absolute atomic E-state index is 13.7. The minimum atomic E-state index is -0.502. The van der Waals surface area contributed by atoms with Crippen LogP contribution in [0.15, 0.2) is 42.5 Å². The Bertz CT molecular complexity index is 1270. The third kappa shape index (κ3) is 3.44. The van der Waals surface area contributed by atoms with Crippen LogP contribution in [0.3, 0.4) is 0 Å². The molecule has 2 aromatic heterocycles. The number of hydrogen-bond acceptors (Lipinski definition) is 5. The molecule has 4 aromatic rings. The summed E-state index contributed by atoms with van der Waals surface area (Å²) in [5.41, 5.74) is 8.65. The number of benzene rings is 2. The molecule has 0 atom stereocenters. The first-order chi connectivity index (χ1) is 14.5. The molecule has 0 aliphatic heterocycles. The van der Waals surface area contributed by atoms with Gasteiger partial charge in [-0.3, -0.25) is 0 Å². The molecule has 1 aliphatic carbocycles.